The molecule has 80 valence electrons. The van der Waals surface area contributed by atoms with Crippen LogP contribution in [0.5, 0.6) is 0 Å². The molecule has 3 nitrogen and oxygen atoms in total. The first-order valence-electron chi connectivity index (χ1n) is 5.29. The average Bonchev–Trinajstić information content (AvgIpc) is 2.53. The predicted molar refractivity (Wildman–Crippen MR) is 58.7 cm³/mol. The second kappa shape index (κ2) is 3.66. The van der Waals surface area contributed by atoms with Gasteiger partial charge in [-0.25, -0.2) is 0 Å². The summed E-state index contributed by atoms with van der Waals surface area (Å²) in [7, 11) is 0. The lowest BCUT2D eigenvalue weighted by molar-refractivity contribution is -0.141. The number of ether oxygens (including phenoxy) is 1. The van der Waals surface area contributed by atoms with Gasteiger partial charge < -0.3 is 10.1 Å². The van der Waals surface area contributed by atoms with Crippen LogP contribution in [0.4, 0.5) is 5.69 Å². The highest BCUT2D eigenvalue weighted by Crippen LogP contribution is 2.40. The summed E-state index contributed by atoms with van der Waals surface area (Å²) in [5.41, 5.74) is 1.06. The molecule has 0 aliphatic carbocycles. The normalized spacial score (nSPS) is 23.7. The molecule has 2 rings (SSSR count). The Kier molecular flexibility index (Phi) is 2.49. The molecule has 1 aromatic rings. The maximum absolute atomic E-state index is 11.9. The Morgan fingerprint density at radius 3 is 2.73 bits per heavy atom. The number of benzene rings is 1. The standard InChI is InChI=1S/C12H15NO2/c1-3-12(15-4-2)9-7-5-6-8-10(9)13-11(12)14/h5-8H,3-4H2,1-2H3,(H,13,14). The smallest absolute Gasteiger partial charge is 0.261 e. The van der Waals surface area contributed by atoms with Crippen molar-refractivity contribution in [3.8, 4) is 0 Å². The van der Waals surface area contributed by atoms with Crippen molar-refractivity contribution in [2.75, 3.05) is 11.9 Å². The Bertz CT molecular complexity index is 389. The Morgan fingerprint density at radius 2 is 2.07 bits per heavy atom. The van der Waals surface area contributed by atoms with Gasteiger partial charge >= 0.3 is 0 Å². The minimum absolute atomic E-state index is 0.0481. The van der Waals surface area contributed by atoms with Gasteiger partial charge in [0.25, 0.3) is 5.91 Å². The van der Waals surface area contributed by atoms with Crippen LogP contribution in [-0.2, 0) is 15.1 Å². The molecule has 0 bridgehead atoms. The molecule has 1 heterocycles. The molecule has 0 spiro atoms. The number of amides is 1. The van der Waals surface area contributed by atoms with Crippen LogP contribution in [0, 0.1) is 0 Å². The van der Waals surface area contributed by atoms with Crippen molar-refractivity contribution in [3.05, 3.63) is 29.8 Å². The lowest BCUT2D eigenvalue weighted by Crippen LogP contribution is -2.36. The van der Waals surface area contributed by atoms with Crippen LogP contribution < -0.4 is 5.32 Å². The molecule has 1 N–H and O–H groups in total. The zero-order chi connectivity index (χ0) is 10.9. The van der Waals surface area contributed by atoms with E-state index in [4.69, 9.17) is 4.74 Å². The number of carbonyl (C=O) groups excluding carboxylic acids is 1. The van der Waals surface area contributed by atoms with Crippen molar-refractivity contribution in [2.45, 2.75) is 25.9 Å². The third-order valence-electron chi connectivity index (χ3n) is 2.87. The Morgan fingerprint density at radius 1 is 1.33 bits per heavy atom. The molecule has 0 radical (unpaired) electrons. The van der Waals surface area contributed by atoms with Crippen LogP contribution in [-0.4, -0.2) is 12.5 Å². The molecular formula is C12H15NO2. The predicted octanol–water partition coefficient (Wildman–Crippen LogP) is 2.28. The van der Waals surface area contributed by atoms with Gasteiger partial charge in [-0.1, -0.05) is 25.1 Å². The molecular weight excluding hydrogens is 190 g/mol. The van der Waals surface area contributed by atoms with Gasteiger partial charge in [-0.05, 0) is 19.4 Å². The van der Waals surface area contributed by atoms with Crippen LogP contribution in [0.15, 0.2) is 24.3 Å². The number of hydrogen-bond donors (Lipinski definition) is 1. The number of carbonyl (C=O) groups is 1. The van der Waals surface area contributed by atoms with Crippen LogP contribution >= 0.6 is 0 Å². The zero-order valence-electron chi connectivity index (χ0n) is 9.04. The van der Waals surface area contributed by atoms with Gasteiger partial charge in [0.2, 0.25) is 0 Å². The summed E-state index contributed by atoms with van der Waals surface area (Å²) in [5, 5.41) is 2.86. The van der Waals surface area contributed by atoms with E-state index >= 15 is 0 Å². The van der Waals surface area contributed by atoms with E-state index in [0.29, 0.717) is 13.0 Å². The summed E-state index contributed by atoms with van der Waals surface area (Å²) in [6.07, 6.45) is 0.656. The number of fused-ring (bicyclic) bond motifs is 1. The Labute approximate surface area is 89.4 Å². The molecule has 0 fully saturated rings. The van der Waals surface area contributed by atoms with Gasteiger partial charge in [0.15, 0.2) is 5.60 Å². The van der Waals surface area contributed by atoms with Crippen molar-refractivity contribution < 1.29 is 9.53 Å². The molecule has 0 aromatic heterocycles. The molecule has 0 saturated carbocycles. The molecule has 3 heteroatoms. The quantitative estimate of drug-likeness (QED) is 0.822. The first-order chi connectivity index (χ1) is 7.24. The number of anilines is 1. The van der Waals surface area contributed by atoms with Crippen LogP contribution in [0.3, 0.4) is 0 Å². The van der Waals surface area contributed by atoms with Crippen molar-refractivity contribution in [3.63, 3.8) is 0 Å². The van der Waals surface area contributed by atoms with E-state index in [9.17, 15) is 4.79 Å². The second-order valence-corrected chi connectivity index (χ2v) is 3.61. The van der Waals surface area contributed by atoms with E-state index in [2.05, 4.69) is 5.32 Å². The summed E-state index contributed by atoms with van der Waals surface area (Å²) in [6, 6.07) is 7.70. The largest absolute Gasteiger partial charge is 0.361 e. The van der Waals surface area contributed by atoms with Crippen LogP contribution in [0.2, 0.25) is 0 Å². The number of nitrogens with one attached hydrogen (secondary N) is 1. The minimum Gasteiger partial charge on any atom is -0.361 e. The Balaban J connectivity index is 2.51. The molecule has 1 atom stereocenters. The highest BCUT2D eigenvalue weighted by Gasteiger charge is 2.45. The lowest BCUT2D eigenvalue weighted by Gasteiger charge is -2.25. The SMILES string of the molecule is CCOC1(CC)C(=O)Nc2ccccc21. The van der Waals surface area contributed by atoms with Crippen molar-refractivity contribution in [1.29, 1.82) is 0 Å². The van der Waals surface area contributed by atoms with Crippen molar-refractivity contribution in [2.24, 2.45) is 0 Å². The van der Waals surface area contributed by atoms with Gasteiger partial charge in [-0.15, -0.1) is 0 Å². The maximum atomic E-state index is 11.9. The summed E-state index contributed by atoms with van der Waals surface area (Å²) < 4.78 is 5.67. The first kappa shape index (κ1) is 10.2. The van der Waals surface area contributed by atoms with Crippen molar-refractivity contribution >= 4 is 11.6 Å². The molecule has 0 saturated heterocycles. The van der Waals surface area contributed by atoms with E-state index in [1.807, 2.05) is 38.1 Å². The molecule has 15 heavy (non-hydrogen) atoms. The third-order valence-corrected chi connectivity index (χ3v) is 2.87. The van der Waals surface area contributed by atoms with Crippen LogP contribution in [0.1, 0.15) is 25.8 Å². The Hall–Kier alpha value is -1.35. The summed E-state index contributed by atoms with van der Waals surface area (Å²) in [5.74, 6) is -0.0481. The molecule has 1 unspecified atom stereocenters. The number of para-hydroxylation sites is 1. The average molecular weight is 205 g/mol. The van der Waals surface area contributed by atoms with E-state index in [-0.39, 0.29) is 5.91 Å². The van der Waals surface area contributed by atoms with E-state index in [1.54, 1.807) is 0 Å². The maximum Gasteiger partial charge on any atom is 0.261 e. The van der Waals surface area contributed by atoms with E-state index < -0.39 is 5.60 Å². The van der Waals surface area contributed by atoms with E-state index in [0.717, 1.165) is 11.3 Å². The highest BCUT2D eigenvalue weighted by atomic mass is 16.5. The van der Waals surface area contributed by atoms with Gasteiger partial charge in [0.05, 0.1) is 0 Å². The fourth-order valence-corrected chi connectivity index (χ4v) is 2.13. The second-order valence-electron chi connectivity index (χ2n) is 3.61. The summed E-state index contributed by atoms with van der Waals surface area (Å²) in [4.78, 5) is 11.9. The monoisotopic (exact) mass is 205 g/mol. The zero-order valence-corrected chi connectivity index (χ0v) is 9.04. The summed E-state index contributed by atoms with van der Waals surface area (Å²) >= 11 is 0. The number of rotatable bonds is 3. The number of hydrogen-bond acceptors (Lipinski definition) is 2. The molecule has 1 aliphatic rings. The molecule has 1 amide bonds. The van der Waals surface area contributed by atoms with Gasteiger partial charge in [-0.3, -0.25) is 4.79 Å². The lowest BCUT2D eigenvalue weighted by atomic mass is 9.92. The van der Waals surface area contributed by atoms with Crippen LogP contribution in [0.25, 0.3) is 0 Å². The minimum atomic E-state index is -0.772. The van der Waals surface area contributed by atoms with Gasteiger partial charge in [0, 0.05) is 17.9 Å². The van der Waals surface area contributed by atoms with Gasteiger partial charge in [0.1, 0.15) is 0 Å². The molecule has 1 aliphatic heterocycles. The van der Waals surface area contributed by atoms with E-state index in [1.165, 1.54) is 0 Å². The van der Waals surface area contributed by atoms with Crippen molar-refractivity contribution in [1.82, 2.24) is 0 Å². The molecule has 1 aromatic carbocycles. The summed E-state index contributed by atoms with van der Waals surface area (Å²) in [6.45, 7) is 4.42. The van der Waals surface area contributed by atoms with Gasteiger partial charge in [-0.2, -0.15) is 0 Å². The fourth-order valence-electron chi connectivity index (χ4n) is 2.13. The third kappa shape index (κ3) is 1.35. The highest BCUT2D eigenvalue weighted by molar-refractivity contribution is 6.05. The first-order valence-corrected chi connectivity index (χ1v) is 5.29. The fraction of sp³-hybridized carbons (Fsp3) is 0.417. The topological polar surface area (TPSA) is 38.3 Å².